The summed E-state index contributed by atoms with van der Waals surface area (Å²) in [6, 6.07) is 17.3. The molecule has 0 aliphatic rings. The second kappa shape index (κ2) is 8.83. The van der Waals surface area contributed by atoms with Crippen LogP contribution < -0.4 is 16.2 Å². The number of hydrogen-bond donors (Lipinski definition) is 3. The summed E-state index contributed by atoms with van der Waals surface area (Å²) in [5.41, 5.74) is 1.77. The van der Waals surface area contributed by atoms with Crippen LogP contribution in [0.2, 0.25) is 5.02 Å². The van der Waals surface area contributed by atoms with Crippen molar-refractivity contribution >= 4 is 46.2 Å². The molecule has 2 heterocycles. The molecule has 2 aromatic heterocycles. The van der Waals surface area contributed by atoms with E-state index in [2.05, 4.69) is 20.6 Å². The van der Waals surface area contributed by atoms with Gasteiger partial charge in [-0.3, -0.25) is 14.6 Å². The number of nitrogens with one attached hydrogen (secondary N) is 3. The largest absolute Gasteiger partial charge is 0.326 e. The number of nitriles is 1. The van der Waals surface area contributed by atoms with Gasteiger partial charge >= 0.3 is 0 Å². The molecule has 0 radical (unpaired) electrons. The van der Waals surface area contributed by atoms with Crippen molar-refractivity contribution in [3.8, 4) is 17.3 Å². The first-order chi connectivity index (χ1) is 15.0. The van der Waals surface area contributed by atoms with Crippen molar-refractivity contribution in [2.45, 2.75) is 0 Å². The molecule has 0 fully saturated rings. The Morgan fingerprint density at radius 2 is 1.94 bits per heavy atom. The Balaban J connectivity index is 1.69. The van der Waals surface area contributed by atoms with Gasteiger partial charge in [0.1, 0.15) is 11.6 Å². The van der Waals surface area contributed by atoms with E-state index in [4.69, 9.17) is 11.6 Å². The summed E-state index contributed by atoms with van der Waals surface area (Å²) in [4.78, 5) is 31.8. The second-order valence-corrected chi connectivity index (χ2v) is 7.65. The monoisotopic (exact) mass is 447 g/mol. The van der Waals surface area contributed by atoms with E-state index in [0.717, 1.165) is 0 Å². The Morgan fingerprint density at radius 3 is 2.65 bits per heavy atom. The Kier molecular flexibility index (Phi) is 5.80. The Hall–Kier alpha value is -3.93. The van der Waals surface area contributed by atoms with E-state index in [9.17, 15) is 14.9 Å². The number of halogens is 1. The van der Waals surface area contributed by atoms with Crippen molar-refractivity contribution in [3.63, 3.8) is 0 Å². The quantitative estimate of drug-likeness (QED) is 0.398. The number of carbonyl (C=O) groups excluding carboxylic acids is 1. The number of rotatable bonds is 5. The van der Waals surface area contributed by atoms with E-state index < -0.39 is 5.56 Å². The van der Waals surface area contributed by atoms with Gasteiger partial charge in [-0.05, 0) is 47.8 Å². The van der Waals surface area contributed by atoms with Gasteiger partial charge in [0.15, 0.2) is 0 Å². The van der Waals surface area contributed by atoms with Crippen LogP contribution in [0.4, 0.5) is 17.3 Å². The first-order valence-corrected chi connectivity index (χ1v) is 10.4. The molecular weight excluding hydrogens is 434 g/mol. The molecule has 31 heavy (non-hydrogen) atoms. The van der Waals surface area contributed by atoms with Crippen LogP contribution in [0.5, 0.6) is 0 Å². The van der Waals surface area contributed by atoms with Crippen LogP contribution >= 0.6 is 22.9 Å². The van der Waals surface area contributed by atoms with Crippen LogP contribution in [-0.4, -0.2) is 15.9 Å². The first kappa shape index (κ1) is 20.3. The maximum absolute atomic E-state index is 12.5. The van der Waals surface area contributed by atoms with Crippen molar-refractivity contribution in [1.29, 1.82) is 5.26 Å². The fourth-order valence-corrected chi connectivity index (χ4v) is 3.62. The normalized spacial score (nSPS) is 10.3. The number of anilines is 3. The van der Waals surface area contributed by atoms with Gasteiger partial charge in [-0.25, -0.2) is 4.98 Å². The number of hydrogen-bond acceptors (Lipinski definition) is 6. The van der Waals surface area contributed by atoms with Crippen LogP contribution in [0.15, 0.2) is 70.2 Å². The number of nitrogens with zero attached hydrogens (tertiary/aromatic N) is 2. The maximum atomic E-state index is 12.5. The molecule has 4 rings (SSSR count). The number of aromatic nitrogens is 2. The van der Waals surface area contributed by atoms with Crippen LogP contribution in [0.25, 0.3) is 11.3 Å². The van der Waals surface area contributed by atoms with Gasteiger partial charge in [0, 0.05) is 27.3 Å². The Labute approximate surface area is 186 Å². The van der Waals surface area contributed by atoms with Crippen LogP contribution in [0.3, 0.4) is 0 Å². The van der Waals surface area contributed by atoms with Gasteiger partial charge in [-0.1, -0.05) is 23.7 Å². The lowest BCUT2D eigenvalue weighted by Gasteiger charge is -2.10. The molecule has 0 unspecified atom stereocenters. The molecule has 0 aliphatic carbocycles. The van der Waals surface area contributed by atoms with Crippen LogP contribution in [0.1, 0.15) is 15.9 Å². The maximum Gasteiger partial charge on any atom is 0.270 e. The molecule has 0 aliphatic heterocycles. The molecule has 1 amide bonds. The van der Waals surface area contributed by atoms with Crippen LogP contribution in [0, 0.1) is 11.3 Å². The van der Waals surface area contributed by atoms with Crippen molar-refractivity contribution in [3.05, 3.63) is 91.9 Å². The molecule has 9 heteroatoms. The van der Waals surface area contributed by atoms with Gasteiger partial charge in [-0.2, -0.15) is 16.6 Å². The van der Waals surface area contributed by atoms with E-state index >= 15 is 0 Å². The summed E-state index contributed by atoms with van der Waals surface area (Å²) in [6.45, 7) is 0. The zero-order chi connectivity index (χ0) is 21.8. The molecule has 4 aromatic rings. The highest BCUT2D eigenvalue weighted by molar-refractivity contribution is 7.08. The molecule has 152 valence electrons. The molecule has 0 saturated carbocycles. The number of thiophene rings is 1. The van der Waals surface area contributed by atoms with E-state index in [0.29, 0.717) is 27.5 Å². The molecule has 3 N–H and O–H groups in total. The van der Waals surface area contributed by atoms with Gasteiger partial charge in [0.25, 0.3) is 11.5 Å². The van der Waals surface area contributed by atoms with E-state index in [1.165, 1.54) is 11.3 Å². The summed E-state index contributed by atoms with van der Waals surface area (Å²) in [7, 11) is 0. The van der Waals surface area contributed by atoms with Gasteiger partial charge in [0.05, 0.1) is 11.3 Å². The Morgan fingerprint density at radius 1 is 1.13 bits per heavy atom. The fraction of sp³-hybridized carbons (Fsp3) is 0. The van der Waals surface area contributed by atoms with Crippen molar-refractivity contribution < 1.29 is 4.79 Å². The smallest absolute Gasteiger partial charge is 0.270 e. The third-order valence-electron chi connectivity index (χ3n) is 4.32. The number of carbonyl (C=O) groups is 1. The average Bonchev–Trinajstić information content (AvgIpc) is 3.30. The van der Waals surface area contributed by atoms with E-state index in [-0.39, 0.29) is 23.1 Å². The molecule has 0 saturated heterocycles. The second-order valence-electron chi connectivity index (χ2n) is 6.43. The minimum atomic E-state index is -0.573. The summed E-state index contributed by atoms with van der Waals surface area (Å²) < 4.78 is 0. The topological polar surface area (TPSA) is 111 Å². The van der Waals surface area contributed by atoms with Crippen molar-refractivity contribution in [1.82, 2.24) is 9.97 Å². The van der Waals surface area contributed by atoms with E-state index in [1.807, 2.05) is 11.4 Å². The fourth-order valence-electron chi connectivity index (χ4n) is 2.86. The lowest BCUT2D eigenvalue weighted by Crippen LogP contribution is -2.16. The highest BCUT2D eigenvalue weighted by Gasteiger charge is 2.15. The third-order valence-corrected chi connectivity index (χ3v) is 5.25. The van der Waals surface area contributed by atoms with Gasteiger partial charge < -0.3 is 10.6 Å². The lowest BCUT2D eigenvalue weighted by molar-refractivity contribution is 0.102. The zero-order valence-electron chi connectivity index (χ0n) is 15.8. The molecule has 0 bridgehead atoms. The van der Waals surface area contributed by atoms with Gasteiger partial charge in [-0.15, -0.1) is 0 Å². The molecule has 0 spiro atoms. The zero-order valence-corrected chi connectivity index (χ0v) is 17.4. The Bertz CT molecular complexity index is 1340. The minimum absolute atomic E-state index is 0.122. The minimum Gasteiger partial charge on any atom is -0.326 e. The number of H-pyrrole nitrogens is 1. The molecule has 2 aromatic carbocycles. The summed E-state index contributed by atoms with van der Waals surface area (Å²) in [5.74, 6) is -0.0723. The van der Waals surface area contributed by atoms with Crippen molar-refractivity contribution in [2.24, 2.45) is 0 Å². The number of amides is 1. The number of aromatic amines is 1. The number of benzene rings is 2. The summed E-state index contributed by atoms with van der Waals surface area (Å²) in [5, 5.41) is 19.4. The lowest BCUT2D eigenvalue weighted by atomic mass is 10.1. The van der Waals surface area contributed by atoms with E-state index in [1.54, 1.807) is 60.0 Å². The van der Waals surface area contributed by atoms with Crippen LogP contribution in [-0.2, 0) is 0 Å². The molecular formula is C22H14ClN5O2S. The summed E-state index contributed by atoms with van der Waals surface area (Å²) >= 11 is 7.33. The predicted molar refractivity (Wildman–Crippen MR) is 122 cm³/mol. The van der Waals surface area contributed by atoms with Crippen molar-refractivity contribution in [2.75, 3.05) is 10.6 Å². The predicted octanol–water partition coefficient (Wildman–Crippen LogP) is 5.02. The highest BCUT2D eigenvalue weighted by atomic mass is 35.5. The molecule has 0 atom stereocenters. The highest BCUT2D eigenvalue weighted by Crippen LogP contribution is 2.25. The summed E-state index contributed by atoms with van der Waals surface area (Å²) in [6.07, 6.45) is 0. The standard InChI is InChI=1S/C22H14ClN5O2S/c23-15-4-6-16(7-5-15)26-22-27-19(18(11-24)21(30)28-22)13-2-1-3-17(10-13)25-20(29)14-8-9-31-12-14/h1-10,12H,(H,25,29)(H2,26,27,28,30). The van der Waals surface area contributed by atoms with Gasteiger partial charge in [0.2, 0.25) is 5.95 Å². The molecule has 7 nitrogen and oxygen atoms in total. The first-order valence-electron chi connectivity index (χ1n) is 9.04. The SMILES string of the molecule is N#Cc1c(-c2cccc(NC(=O)c3ccsc3)c2)nc(Nc2ccc(Cl)cc2)[nH]c1=O. The third kappa shape index (κ3) is 4.64. The average molecular weight is 448 g/mol.